The summed E-state index contributed by atoms with van der Waals surface area (Å²) >= 11 is 0. The number of anilines is 1. The van der Waals surface area contributed by atoms with Gasteiger partial charge in [-0.05, 0) is 79.1 Å². The van der Waals surface area contributed by atoms with E-state index >= 15 is 0 Å². The Balaban J connectivity index is 1.70. The molecule has 0 amide bonds. The van der Waals surface area contributed by atoms with Crippen molar-refractivity contribution in [1.82, 2.24) is 0 Å². The number of halogens is 1. The standard InChI is InChI=1S/C34H33FN4O4/c1-19-12-22(18-43-25-10-7-23(35)8-11-25)21(3)26(13-19)31-27(17-36)33(37)38(28-14-24(39(41)42)9-6-20(28)2)29-15-34(4,5)16-30(40)32(29)31/h6-14,31H,15-16,18,37H2,1-5H3. The summed E-state index contributed by atoms with van der Waals surface area (Å²) in [4.78, 5) is 26.9. The van der Waals surface area contributed by atoms with Crippen molar-refractivity contribution in [3.63, 3.8) is 0 Å². The van der Waals surface area contributed by atoms with Crippen molar-refractivity contribution in [2.75, 3.05) is 4.90 Å². The molecule has 1 heterocycles. The Morgan fingerprint density at radius 1 is 1.12 bits per heavy atom. The second-order valence-corrected chi connectivity index (χ2v) is 12.1. The molecule has 3 aromatic rings. The summed E-state index contributed by atoms with van der Waals surface area (Å²) in [7, 11) is 0. The van der Waals surface area contributed by atoms with Crippen LogP contribution >= 0.6 is 0 Å². The van der Waals surface area contributed by atoms with Gasteiger partial charge in [0.25, 0.3) is 5.69 Å². The van der Waals surface area contributed by atoms with Gasteiger partial charge in [-0.2, -0.15) is 5.26 Å². The van der Waals surface area contributed by atoms with E-state index in [4.69, 9.17) is 10.5 Å². The van der Waals surface area contributed by atoms with Crippen LogP contribution in [0.2, 0.25) is 0 Å². The summed E-state index contributed by atoms with van der Waals surface area (Å²) < 4.78 is 19.4. The Kier molecular flexibility index (Phi) is 7.57. The fourth-order valence-corrected chi connectivity index (χ4v) is 6.15. The van der Waals surface area contributed by atoms with Gasteiger partial charge in [-0.3, -0.25) is 19.8 Å². The minimum absolute atomic E-state index is 0.0883. The number of carbonyl (C=O) groups excluding carboxylic acids is 1. The number of hydrogen-bond donors (Lipinski definition) is 1. The fraction of sp³-hybridized carbons (Fsp3) is 0.294. The van der Waals surface area contributed by atoms with Gasteiger partial charge in [-0.25, -0.2) is 4.39 Å². The smallest absolute Gasteiger partial charge is 0.271 e. The summed E-state index contributed by atoms with van der Waals surface area (Å²) in [5.74, 6) is -0.504. The number of rotatable bonds is 6. The Labute approximate surface area is 250 Å². The summed E-state index contributed by atoms with van der Waals surface area (Å²) in [5.41, 5.74) is 12.2. The van der Waals surface area contributed by atoms with Crippen LogP contribution in [0.4, 0.5) is 15.8 Å². The van der Waals surface area contributed by atoms with Gasteiger partial charge < -0.3 is 10.5 Å². The van der Waals surface area contributed by atoms with E-state index in [-0.39, 0.29) is 41.7 Å². The number of carbonyl (C=O) groups is 1. The zero-order chi connectivity index (χ0) is 31.2. The largest absolute Gasteiger partial charge is 0.489 e. The van der Waals surface area contributed by atoms with Crippen LogP contribution < -0.4 is 15.4 Å². The van der Waals surface area contributed by atoms with Crippen molar-refractivity contribution in [2.24, 2.45) is 11.1 Å². The van der Waals surface area contributed by atoms with Gasteiger partial charge in [0.15, 0.2) is 5.78 Å². The summed E-state index contributed by atoms with van der Waals surface area (Å²) in [6.07, 6.45) is 0.769. The highest BCUT2D eigenvalue weighted by Gasteiger charge is 2.45. The highest BCUT2D eigenvalue weighted by Crippen LogP contribution is 2.51. The van der Waals surface area contributed by atoms with Gasteiger partial charge in [0.2, 0.25) is 0 Å². The molecule has 0 fully saturated rings. The molecule has 2 aliphatic rings. The molecule has 1 atom stereocenters. The van der Waals surface area contributed by atoms with Crippen LogP contribution in [-0.2, 0) is 11.4 Å². The zero-order valence-corrected chi connectivity index (χ0v) is 24.8. The lowest BCUT2D eigenvalue weighted by Crippen LogP contribution is -2.42. The van der Waals surface area contributed by atoms with Crippen LogP contribution in [0.5, 0.6) is 5.75 Å². The molecule has 3 aromatic carbocycles. The highest BCUT2D eigenvalue weighted by molar-refractivity contribution is 6.02. The number of benzene rings is 3. The minimum Gasteiger partial charge on any atom is -0.489 e. The van der Waals surface area contributed by atoms with E-state index in [1.807, 2.05) is 46.8 Å². The maximum Gasteiger partial charge on any atom is 0.271 e. The number of Topliss-reactive ketones (excluding diaryl/α,β-unsaturated/α-hetero) is 1. The van der Waals surface area contributed by atoms with E-state index in [1.54, 1.807) is 23.1 Å². The molecule has 5 rings (SSSR count). The summed E-state index contributed by atoms with van der Waals surface area (Å²) in [6, 6.07) is 16.5. The van der Waals surface area contributed by atoms with Crippen LogP contribution in [0, 0.1) is 53.4 Å². The average molecular weight is 581 g/mol. The molecule has 0 saturated carbocycles. The lowest BCUT2D eigenvalue weighted by atomic mass is 9.67. The van der Waals surface area contributed by atoms with Crippen LogP contribution in [0.15, 0.2) is 77.3 Å². The van der Waals surface area contributed by atoms with Crippen LogP contribution in [0.1, 0.15) is 60.4 Å². The second kappa shape index (κ2) is 11.0. The topological polar surface area (TPSA) is 122 Å². The molecular weight excluding hydrogens is 547 g/mol. The average Bonchev–Trinajstić information content (AvgIpc) is 2.93. The summed E-state index contributed by atoms with van der Waals surface area (Å²) in [5, 5.41) is 22.2. The molecule has 0 bridgehead atoms. The van der Waals surface area contributed by atoms with Crippen molar-refractivity contribution in [3.05, 3.63) is 121 Å². The predicted molar refractivity (Wildman–Crippen MR) is 162 cm³/mol. The molecule has 220 valence electrons. The number of nitrogens with zero attached hydrogens (tertiary/aromatic N) is 3. The number of hydrogen-bond acceptors (Lipinski definition) is 7. The Bertz CT molecular complexity index is 1770. The van der Waals surface area contributed by atoms with E-state index in [2.05, 4.69) is 6.07 Å². The lowest BCUT2D eigenvalue weighted by Gasteiger charge is -2.44. The minimum atomic E-state index is -0.719. The quantitative estimate of drug-likeness (QED) is 0.242. The number of non-ortho nitro benzene ring substituents is 1. The van der Waals surface area contributed by atoms with Gasteiger partial charge in [0, 0.05) is 29.8 Å². The molecule has 1 unspecified atom stereocenters. The normalized spacial score (nSPS) is 17.9. The zero-order valence-electron chi connectivity index (χ0n) is 24.8. The molecule has 0 spiro atoms. The van der Waals surface area contributed by atoms with Crippen molar-refractivity contribution in [2.45, 2.75) is 60.0 Å². The molecule has 2 N–H and O–H groups in total. The molecule has 0 radical (unpaired) electrons. The van der Waals surface area contributed by atoms with Gasteiger partial charge in [0.1, 0.15) is 24.0 Å². The third-order valence-corrected chi connectivity index (χ3v) is 8.24. The Morgan fingerprint density at radius 2 is 1.81 bits per heavy atom. The van der Waals surface area contributed by atoms with E-state index < -0.39 is 16.3 Å². The van der Waals surface area contributed by atoms with Crippen LogP contribution in [0.3, 0.4) is 0 Å². The number of nitriles is 1. The van der Waals surface area contributed by atoms with Crippen molar-refractivity contribution >= 4 is 17.2 Å². The maximum absolute atomic E-state index is 14.0. The molecule has 43 heavy (non-hydrogen) atoms. The van der Waals surface area contributed by atoms with E-state index in [0.717, 1.165) is 27.8 Å². The first kappa shape index (κ1) is 29.5. The molecular formula is C34H33FN4O4. The SMILES string of the molecule is Cc1cc(COc2ccc(F)cc2)c(C)c(C2C(C#N)=C(N)N(c3cc([N+](=O)[O-])ccc3C)C3=C2C(=O)CC(C)(C)C3)c1. The highest BCUT2D eigenvalue weighted by atomic mass is 19.1. The fourth-order valence-electron chi connectivity index (χ4n) is 6.15. The van der Waals surface area contributed by atoms with E-state index in [1.165, 1.54) is 24.3 Å². The number of nitro benzene ring substituents is 1. The number of nitro groups is 1. The maximum atomic E-state index is 14.0. The molecule has 1 aliphatic heterocycles. The Morgan fingerprint density at radius 3 is 2.47 bits per heavy atom. The van der Waals surface area contributed by atoms with Crippen molar-refractivity contribution in [1.29, 1.82) is 5.26 Å². The van der Waals surface area contributed by atoms with Crippen LogP contribution in [-0.4, -0.2) is 10.7 Å². The third kappa shape index (κ3) is 5.48. The van der Waals surface area contributed by atoms with Gasteiger partial charge in [0.05, 0.1) is 28.2 Å². The lowest BCUT2D eigenvalue weighted by molar-refractivity contribution is -0.384. The molecule has 9 heteroatoms. The summed E-state index contributed by atoms with van der Waals surface area (Å²) in [6.45, 7) is 9.89. The first-order chi connectivity index (χ1) is 20.3. The number of ether oxygens (including phenoxy) is 1. The first-order valence-corrected chi connectivity index (χ1v) is 14.0. The van der Waals surface area contributed by atoms with Gasteiger partial charge in [-0.1, -0.05) is 37.6 Å². The third-order valence-electron chi connectivity index (χ3n) is 8.24. The molecule has 8 nitrogen and oxygen atoms in total. The molecule has 0 aromatic heterocycles. The van der Waals surface area contributed by atoms with Crippen molar-refractivity contribution < 1.29 is 18.8 Å². The second-order valence-electron chi connectivity index (χ2n) is 12.1. The van der Waals surface area contributed by atoms with Crippen LogP contribution in [0.25, 0.3) is 0 Å². The molecule has 1 aliphatic carbocycles. The van der Waals surface area contributed by atoms with Gasteiger partial charge in [-0.15, -0.1) is 0 Å². The number of ketones is 1. The number of allylic oxidation sites excluding steroid dienone is 3. The number of nitrogens with two attached hydrogens (primary N) is 1. The van der Waals surface area contributed by atoms with E-state index in [0.29, 0.717) is 29.1 Å². The monoisotopic (exact) mass is 580 g/mol. The number of aryl methyl sites for hydroxylation is 2. The van der Waals surface area contributed by atoms with E-state index in [9.17, 15) is 24.6 Å². The van der Waals surface area contributed by atoms with Crippen molar-refractivity contribution in [3.8, 4) is 11.8 Å². The Hall–Kier alpha value is -4.97. The first-order valence-electron chi connectivity index (χ1n) is 14.0. The predicted octanol–water partition coefficient (Wildman–Crippen LogP) is 7.18. The molecule has 0 saturated heterocycles. The van der Waals surface area contributed by atoms with Gasteiger partial charge >= 0.3 is 0 Å².